The molecular weight excluding hydrogens is 316 g/mol. The smallest absolute Gasteiger partial charge is 0.139 e. The van der Waals surface area contributed by atoms with E-state index in [1.54, 1.807) is 23.1 Å². The van der Waals surface area contributed by atoms with E-state index in [1.807, 2.05) is 0 Å². The van der Waals surface area contributed by atoms with Gasteiger partial charge in [-0.05, 0) is 23.4 Å². The van der Waals surface area contributed by atoms with Gasteiger partial charge in [-0.1, -0.05) is 60.4 Å². The Morgan fingerprint density at radius 3 is 2.71 bits per heavy atom. The molecular formula is C16H18N2S3. The van der Waals surface area contributed by atoms with Gasteiger partial charge in [0, 0.05) is 11.4 Å². The molecule has 5 heteroatoms. The standard InChI is InChI=1S/C16H18N2S3/c19-16-18(11-15-7-4-10-20-15)12-17(13-21-16)9-8-14-5-2-1-3-6-14/h1-7,10H,8-9,11-13H2. The van der Waals surface area contributed by atoms with Crippen LogP contribution in [0.3, 0.4) is 0 Å². The maximum absolute atomic E-state index is 5.50. The van der Waals surface area contributed by atoms with Crippen LogP contribution >= 0.6 is 35.3 Å². The zero-order chi connectivity index (χ0) is 14.5. The predicted octanol–water partition coefficient (Wildman–Crippen LogP) is 4.04. The van der Waals surface area contributed by atoms with Crippen molar-refractivity contribution in [3.63, 3.8) is 0 Å². The molecule has 1 aromatic carbocycles. The van der Waals surface area contributed by atoms with E-state index >= 15 is 0 Å². The zero-order valence-electron chi connectivity index (χ0n) is 11.8. The average molecular weight is 335 g/mol. The first kappa shape index (κ1) is 15.0. The van der Waals surface area contributed by atoms with Crippen LogP contribution in [0.25, 0.3) is 0 Å². The van der Waals surface area contributed by atoms with E-state index in [0.29, 0.717) is 0 Å². The highest BCUT2D eigenvalue weighted by atomic mass is 32.2. The van der Waals surface area contributed by atoms with Gasteiger partial charge in [0.25, 0.3) is 0 Å². The third kappa shape index (κ3) is 4.30. The van der Waals surface area contributed by atoms with Crippen molar-refractivity contribution in [1.29, 1.82) is 0 Å². The first-order chi connectivity index (χ1) is 10.3. The van der Waals surface area contributed by atoms with E-state index in [9.17, 15) is 0 Å². The van der Waals surface area contributed by atoms with Crippen molar-refractivity contribution < 1.29 is 0 Å². The molecule has 110 valence electrons. The van der Waals surface area contributed by atoms with Crippen molar-refractivity contribution in [2.24, 2.45) is 0 Å². The second-order valence-corrected chi connectivity index (χ2v) is 7.70. The summed E-state index contributed by atoms with van der Waals surface area (Å²) in [5.41, 5.74) is 1.40. The van der Waals surface area contributed by atoms with E-state index < -0.39 is 0 Å². The monoisotopic (exact) mass is 334 g/mol. The topological polar surface area (TPSA) is 6.48 Å². The van der Waals surface area contributed by atoms with Crippen molar-refractivity contribution in [3.05, 3.63) is 58.3 Å². The molecule has 0 atom stereocenters. The number of nitrogens with zero attached hydrogens (tertiary/aromatic N) is 2. The predicted molar refractivity (Wildman–Crippen MR) is 96.6 cm³/mol. The van der Waals surface area contributed by atoms with Gasteiger partial charge < -0.3 is 4.90 Å². The second kappa shape index (κ2) is 7.40. The lowest BCUT2D eigenvalue weighted by molar-refractivity contribution is 0.210. The minimum Gasteiger partial charge on any atom is -0.339 e. The highest BCUT2D eigenvalue weighted by molar-refractivity contribution is 8.22. The number of benzene rings is 1. The summed E-state index contributed by atoms with van der Waals surface area (Å²) >= 11 is 9.08. The summed E-state index contributed by atoms with van der Waals surface area (Å²) in [7, 11) is 0. The molecule has 2 aromatic rings. The van der Waals surface area contributed by atoms with E-state index in [1.165, 1.54) is 10.4 Å². The molecule has 0 N–H and O–H groups in total. The average Bonchev–Trinajstić information content (AvgIpc) is 3.02. The summed E-state index contributed by atoms with van der Waals surface area (Å²) in [6, 6.07) is 15.0. The summed E-state index contributed by atoms with van der Waals surface area (Å²) in [5.74, 6) is 1.01. The molecule has 3 rings (SSSR count). The molecule has 21 heavy (non-hydrogen) atoms. The Bertz CT molecular complexity index is 568. The number of thiocarbonyl (C=S) groups is 1. The van der Waals surface area contributed by atoms with Crippen molar-refractivity contribution in [2.45, 2.75) is 13.0 Å². The SMILES string of the molecule is S=C1SCN(CCc2ccccc2)CN1Cc1cccs1. The molecule has 0 radical (unpaired) electrons. The summed E-state index contributed by atoms with van der Waals surface area (Å²) in [6.07, 6.45) is 1.10. The van der Waals surface area contributed by atoms with E-state index in [-0.39, 0.29) is 0 Å². The third-order valence-electron chi connectivity index (χ3n) is 3.49. The van der Waals surface area contributed by atoms with Crippen LogP contribution in [-0.4, -0.2) is 33.2 Å². The molecule has 1 saturated heterocycles. The molecule has 2 heterocycles. The van der Waals surface area contributed by atoms with Crippen LogP contribution in [0.1, 0.15) is 10.4 Å². The molecule has 0 amide bonds. The Kier molecular flexibility index (Phi) is 5.30. The molecule has 1 fully saturated rings. The third-order valence-corrected chi connectivity index (χ3v) is 5.96. The van der Waals surface area contributed by atoms with Crippen LogP contribution in [0.15, 0.2) is 47.8 Å². The normalized spacial score (nSPS) is 16.4. The lowest BCUT2D eigenvalue weighted by Gasteiger charge is -2.36. The lowest BCUT2D eigenvalue weighted by Crippen LogP contribution is -2.44. The quantitative estimate of drug-likeness (QED) is 0.761. The Labute approximate surface area is 139 Å². The van der Waals surface area contributed by atoms with Gasteiger partial charge in [0.05, 0.1) is 19.1 Å². The highest BCUT2D eigenvalue weighted by Crippen LogP contribution is 2.22. The van der Waals surface area contributed by atoms with E-state index in [0.717, 1.165) is 36.4 Å². The summed E-state index contributed by atoms with van der Waals surface area (Å²) in [5, 5.41) is 2.13. The fraction of sp³-hybridized carbons (Fsp3) is 0.312. The molecule has 0 bridgehead atoms. The van der Waals surface area contributed by atoms with Gasteiger partial charge in [-0.25, -0.2) is 0 Å². The van der Waals surface area contributed by atoms with Gasteiger partial charge in [-0.2, -0.15) is 0 Å². The van der Waals surface area contributed by atoms with Crippen molar-refractivity contribution in [1.82, 2.24) is 9.80 Å². The molecule has 0 saturated carbocycles. The van der Waals surface area contributed by atoms with Gasteiger partial charge in [-0.15, -0.1) is 11.3 Å². The van der Waals surface area contributed by atoms with Gasteiger partial charge in [0.1, 0.15) is 4.32 Å². The fourth-order valence-electron chi connectivity index (χ4n) is 2.35. The van der Waals surface area contributed by atoms with Gasteiger partial charge in [0.15, 0.2) is 0 Å². The molecule has 1 aliphatic rings. The lowest BCUT2D eigenvalue weighted by atomic mass is 10.1. The molecule has 0 unspecified atom stereocenters. The molecule has 2 nitrogen and oxygen atoms in total. The molecule has 1 aromatic heterocycles. The summed E-state index contributed by atoms with van der Waals surface area (Å²) < 4.78 is 1.03. The second-order valence-electron chi connectivity index (χ2n) is 5.09. The van der Waals surface area contributed by atoms with E-state index in [4.69, 9.17) is 12.2 Å². The Hall–Kier alpha value is -0.880. The summed E-state index contributed by atoms with van der Waals surface area (Å²) in [6.45, 7) is 2.96. The first-order valence-electron chi connectivity index (χ1n) is 7.01. The maximum Gasteiger partial charge on any atom is 0.139 e. The van der Waals surface area contributed by atoms with Crippen LogP contribution in [0.5, 0.6) is 0 Å². The van der Waals surface area contributed by atoms with Crippen molar-refractivity contribution >= 4 is 39.6 Å². The number of rotatable bonds is 5. The van der Waals surface area contributed by atoms with Gasteiger partial charge >= 0.3 is 0 Å². The number of hydrogen-bond donors (Lipinski definition) is 0. The van der Waals surface area contributed by atoms with Crippen LogP contribution in [0.2, 0.25) is 0 Å². The minimum atomic E-state index is 0.936. The van der Waals surface area contributed by atoms with Crippen LogP contribution < -0.4 is 0 Å². The minimum absolute atomic E-state index is 0.936. The van der Waals surface area contributed by atoms with E-state index in [2.05, 4.69) is 57.6 Å². The maximum atomic E-state index is 5.50. The first-order valence-corrected chi connectivity index (χ1v) is 9.29. The Morgan fingerprint density at radius 1 is 1.10 bits per heavy atom. The zero-order valence-corrected chi connectivity index (χ0v) is 14.2. The van der Waals surface area contributed by atoms with Crippen LogP contribution in [0, 0.1) is 0 Å². The number of thiophene rings is 1. The molecule has 0 aliphatic carbocycles. The largest absolute Gasteiger partial charge is 0.339 e. The Morgan fingerprint density at radius 2 is 1.95 bits per heavy atom. The van der Waals surface area contributed by atoms with Crippen molar-refractivity contribution in [3.8, 4) is 0 Å². The number of thioether (sulfide) groups is 1. The Balaban J connectivity index is 1.54. The van der Waals surface area contributed by atoms with Gasteiger partial charge in [0.2, 0.25) is 0 Å². The molecule has 0 spiro atoms. The fourth-order valence-corrected chi connectivity index (χ4v) is 4.16. The van der Waals surface area contributed by atoms with Crippen molar-refractivity contribution in [2.75, 3.05) is 19.1 Å². The number of hydrogen-bond acceptors (Lipinski definition) is 4. The highest BCUT2D eigenvalue weighted by Gasteiger charge is 2.21. The van der Waals surface area contributed by atoms with Gasteiger partial charge in [-0.3, -0.25) is 4.90 Å². The van der Waals surface area contributed by atoms with Crippen LogP contribution in [-0.2, 0) is 13.0 Å². The molecule has 1 aliphatic heterocycles. The summed E-state index contributed by atoms with van der Waals surface area (Å²) in [4.78, 5) is 6.16. The van der Waals surface area contributed by atoms with Crippen LogP contribution in [0.4, 0.5) is 0 Å².